The number of hydrogen-bond acceptors (Lipinski definition) is 6. The summed E-state index contributed by atoms with van der Waals surface area (Å²) in [6.45, 7) is 16.1. The number of aliphatic imine (C=N–C) groups is 1. The molecule has 0 radical (unpaired) electrons. The van der Waals surface area contributed by atoms with Crippen LogP contribution < -0.4 is 5.73 Å². The van der Waals surface area contributed by atoms with Crippen LogP contribution in [0.5, 0.6) is 0 Å². The van der Waals surface area contributed by atoms with Crippen LogP contribution in [0.1, 0.15) is 58.1 Å². The van der Waals surface area contributed by atoms with Crippen LogP contribution in [0.4, 0.5) is 0 Å². The highest BCUT2D eigenvalue weighted by Gasteiger charge is 2.33. The summed E-state index contributed by atoms with van der Waals surface area (Å²) < 4.78 is 0. The normalized spacial score (nSPS) is 17.7. The van der Waals surface area contributed by atoms with E-state index in [9.17, 15) is 9.59 Å². The molecule has 0 bridgehead atoms. The van der Waals surface area contributed by atoms with Crippen molar-refractivity contribution in [1.82, 2.24) is 14.7 Å². The minimum atomic E-state index is -0.0903. The molecule has 1 saturated carbocycles. The van der Waals surface area contributed by atoms with Gasteiger partial charge in [-0.1, -0.05) is 56.9 Å². The van der Waals surface area contributed by atoms with E-state index in [2.05, 4.69) is 60.6 Å². The van der Waals surface area contributed by atoms with Crippen LogP contribution in [0.3, 0.4) is 0 Å². The summed E-state index contributed by atoms with van der Waals surface area (Å²) in [7, 11) is 1.76. The van der Waals surface area contributed by atoms with Crippen LogP contribution in [0.25, 0.3) is 5.57 Å². The van der Waals surface area contributed by atoms with Crippen LogP contribution in [0, 0.1) is 11.8 Å². The van der Waals surface area contributed by atoms with Crippen molar-refractivity contribution in [2.45, 2.75) is 53.5 Å². The predicted octanol–water partition coefficient (Wildman–Crippen LogP) is 5.58. The third-order valence-corrected chi connectivity index (χ3v) is 8.09. The zero-order valence-electron chi connectivity index (χ0n) is 26.2. The fourth-order valence-electron chi connectivity index (χ4n) is 5.14. The smallest absolute Gasteiger partial charge is 0.236 e. The predicted molar refractivity (Wildman–Crippen MR) is 175 cm³/mol. The Bertz CT molecular complexity index is 1260. The number of Topliss-reactive ketones (excluding diaryl/α,β-unsaturated/α-hetero) is 1. The number of nitrogens with zero attached hydrogens (tertiary/aromatic N) is 4. The standard InChI is InChI=1S/C35H49N5O2/c1-7-9-10-14-33(21-26(3)35(42)27(4)31-15-16-31)40-19-17-39(18-20-40)28(5)37-24-30(8-2)32-13-11-12-29(22-32)25-38(6)34(41)23-36/h8-14,21-22,24,27,31H,5,7,15-20,23,25,36H2,1-4,6H3/b10-9+,26-21+,30-8+,33-14+,37-24-. The van der Waals surface area contributed by atoms with Gasteiger partial charge in [0.05, 0.1) is 6.54 Å². The quantitative estimate of drug-likeness (QED) is 0.179. The highest BCUT2D eigenvalue weighted by atomic mass is 16.2. The molecule has 1 atom stereocenters. The van der Waals surface area contributed by atoms with E-state index in [-0.39, 0.29) is 24.2 Å². The van der Waals surface area contributed by atoms with Gasteiger partial charge in [0, 0.05) is 57.6 Å². The lowest BCUT2D eigenvalue weighted by atomic mass is 9.95. The first kappa shape index (κ1) is 32.8. The van der Waals surface area contributed by atoms with Gasteiger partial charge in [-0.25, -0.2) is 4.99 Å². The van der Waals surface area contributed by atoms with E-state index >= 15 is 0 Å². The van der Waals surface area contributed by atoms with E-state index in [0.29, 0.717) is 12.5 Å². The fourth-order valence-corrected chi connectivity index (χ4v) is 5.14. The summed E-state index contributed by atoms with van der Waals surface area (Å²) in [5.74, 6) is 1.58. The number of hydrogen-bond donors (Lipinski definition) is 1. The summed E-state index contributed by atoms with van der Waals surface area (Å²) >= 11 is 0. The van der Waals surface area contributed by atoms with Gasteiger partial charge in [-0.15, -0.1) is 0 Å². The molecule has 1 aromatic rings. The minimum absolute atomic E-state index is 0.00249. The molecule has 1 aromatic carbocycles. The summed E-state index contributed by atoms with van der Waals surface area (Å²) in [6, 6.07) is 8.13. The Morgan fingerprint density at radius 1 is 1.19 bits per heavy atom. The number of allylic oxidation sites excluding steroid dienone is 7. The van der Waals surface area contributed by atoms with Gasteiger partial charge < -0.3 is 20.4 Å². The van der Waals surface area contributed by atoms with Crippen LogP contribution in [-0.4, -0.2) is 72.4 Å². The largest absolute Gasteiger partial charge is 0.368 e. The van der Waals surface area contributed by atoms with Crippen molar-refractivity contribution in [1.29, 1.82) is 0 Å². The molecule has 0 aromatic heterocycles. The van der Waals surface area contributed by atoms with Gasteiger partial charge in [-0.05, 0) is 79.5 Å². The molecule has 1 unspecified atom stereocenters. The van der Waals surface area contributed by atoms with E-state index in [0.717, 1.165) is 66.4 Å². The molecular formula is C35H49N5O2. The van der Waals surface area contributed by atoms with Gasteiger partial charge in [0.15, 0.2) is 5.78 Å². The third kappa shape index (κ3) is 9.41. The number of ketones is 1. The Morgan fingerprint density at radius 2 is 1.88 bits per heavy atom. The molecule has 3 rings (SSSR count). The molecular weight excluding hydrogens is 522 g/mol. The fraction of sp³-hybridized carbons (Fsp3) is 0.457. The molecule has 1 heterocycles. The Labute approximate surface area is 252 Å². The van der Waals surface area contributed by atoms with Crippen LogP contribution in [-0.2, 0) is 16.1 Å². The second-order valence-electron chi connectivity index (χ2n) is 11.3. The molecule has 2 fully saturated rings. The van der Waals surface area contributed by atoms with Crippen molar-refractivity contribution >= 4 is 23.5 Å². The Balaban J connectivity index is 1.63. The molecule has 1 saturated heterocycles. The second kappa shape index (κ2) is 16.1. The topological polar surface area (TPSA) is 82.2 Å². The highest BCUT2D eigenvalue weighted by molar-refractivity contribution is 6.10. The summed E-state index contributed by atoms with van der Waals surface area (Å²) in [5, 5.41) is 0. The van der Waals surface area contributed by atoms with E-state index < -0.39 is 0 Å². The van der Waals surface area contributed by atoms with Gasteiger partial charge in [-0.3, -0.25) is 9.59 Å². The number of benzene rings is 1. The Kier molecular flexibility index (Phi) is 12.5. The van der Waals surface area contributed by atoms with Crippen molar-refractivity contribution in [2.24, 2.45) is 22.6 Å². The number of likely N-dealkylation sites (N-methyl/N-ethyl adjacent to an activating group) is 1. The number of piperazine rings is 1. The minimum Gasteiger partial charge on any atom is -0.368 e. The Morgan fingerprint density at radius 3 is 2.50 bits per heavy atom. The molecule has 7 heteroatoms. The van der Waals surface area contributed by atoms with E-state index in [1.54, 1.807) is 11.9 Å². The monoisotopic (exact) mass is 571 g/mol. The molecule has 2 aliphatic rings. The van der Waals surface area contributed by atoms with Gasteiger partial charge in [0.2, 0.25) is 5.91 Å². The Hall–Kier alpha value is -3.71. The lowest BCUT2D eigenvalue weighted by Crippen LogP contribution is -2.44. The van der Waals surface area contributed by atoms with Gasteiger partial charge in [-0.2, -0.15) is 0 Å². The van der Waals surface area contributed by atoms with Crippen molar-refractivity contribution in [2.75, 3.05) is 39.8 Å². The van der Waals surface area contributed by atoms with Crippen LogP contribution >= 0.6 is 0 Å². The molecule has 7 nitrogen and oxygen atoms in total. The molecule has 226 valence electrons. The zero-order chi connectivity index (χ0) is 30.6. The molecule has 42 heavy (non-hydrogen) atoms. The first-order valence-corrected chi connectivity index (χ1v) is 15.2. The van der Waals surface area contributed by atoms with E-state index in [4.69, 9.17) is 10.7 Å². The third-order valence-electron chi connectivity index (χ3n) is 8.09. The lowest BCUT2D eigenvalue weighted by Gasteiger charge is -2.37. The average molecular weight is 572 g/mol. The van der Waals surface area contributed by atoms with E-state index in [1.165, 1.54) is 12.8 Å². The maximum Gasteiger partial charge on any atom is 0.236 e. The number of carbonyl (C=O) groups excluding carboxylic acids is 2. The summed E-state index contributed by atoms with van der Waals surface area (Å²) in [5.41, 5.74) is 10.5. The number of nitrogens with two attached hydrogens (primary N) is 1. The first-order valence-electron chi connectivity index (χ1n) is 15.2. The summed E-state index contributed by atoms with van der Waals surface area (Å²) in [6.07, 6.45) is 15.6. The molecule has 0 spiro atoms. The number of amides is 1. The van der Waals surface area contributed by atoms with Crippen LogP contribution in [0.2, 0.25) is 0 Å². The maximum atomic E-state index is 13.0. The maximum absolute atomic E-state index is 13.0. The van der Waals surface area contributed by atoms with Crippen molar-refractivity contribution in [3.05, 3.63) is 89.4 Å². The SMILES string of the molecule is C=C(/N=C\C(=C/C)c1cccc(CN(C)C(=O)CN)c1)N1CCN(C(/C=C(\C)C(=O)C(C)C2CC2)=C/C=C/CC)CC1. The highest BCUT2D eigenvalue weighted by Crippen LogP contribution is 2.38. The van der Waals surface area contributed by atoms with Gasteiger partial charge in [0.25, 0.3) is 0 Å². The number of rotatable bonds is 14. The average Bonchev–Trinajstić information content (AvgIpc) is 3.85. The van der Waals surface area contributed by atoms with Crippen molar-refractivity contribution in [3.8, 4) is 0 Å². The van der Waals surface area contributed by atoms with Crippen LogP contribution in [0.15, 0.2) is 83.3 Å². The lowest BCUT2D eigenvalue weighted by molar-refractivity contribution is -0.128. The second-order valence-corrected chi connectivity index (χ2v) is 11.3. The van der Waals surface area contributed by atoms with Gasteiger partial charge >= 0.3 is 0 Å². The first-order chi connectivity index (χ1) is 20.2. The van der Waals surface area contributed by atoms with Crippen molar-refractivity contribution in [3.63, 3.8) is 0 Å². The summed E-state index contributed by atoms with van der Waals surface area (Å²) in [4.78, 5) is 35.8. The zero-order valence-corrected chi connectivity index (χ0v) is 26.2. The van der Waals surface area contributed by atoms with Crippen molar-refractivity contribution < 1.29 is 9.59 Å². The molecule has 1 amide bonds. The van der Waals surface area contributed by atoms with Gasteiger partial charge in [0.1, 0.15) is 5.82 Å². The number of carbonyl (C=O) groups is 2. The molecule has 1 aliphatic carbocycles. The molecule has 2 N–H and O–H groups in total. The van der Waals surface area contributed by atoms with E-state index in [1.807, 2.05) is 44.3 Å². The molecule has 1 aliphatic heterocycles.